The molecule has 0 saturated heterocycles. The monoisotopic (exact) mass is 303 g/mol. The largest absolute Gasteiger partial charge is 0.481 e. The van der Waals surface area contributed by atoms with Crippen LogP contribution in [0.2, 0.25) is 0 Å². The first-order valence-corrected chi connectivity index (χ1v) is 7.23. The maximum Gasteiger partial charge on any atom is 0.315 e. The van der Waals surface area contributed by atoms with Gasteiger partial charge in [0.05, 0.1) is 13.4 Å². The molecule has 6 nitrogen and oxygen atoms in total. The number of carbonyl (C=O) groups excluding carboxylic acids is 1. The minimum absolute atomic E-state index is 0.0686. The van der Waals surface area contributed by atoms with Crippen LogP contribution >= 0.6 is 0 Å². The lowest BCUT2D eigenvalue weighted by atomic mass is 10.1. The maximum absolute atomic E-state index is 11.8. The summed E-state index contributed by atoms with van der Waals surface area (Å²) >= 11 is 0. The third-order valence-electron chi connectivity index (χ3n) is 3.24. The molecule has 0 radical (unpaired) electrons. The van der Waals surface area contributed by atoms with Crippen LogP contribution < -0.4 is 15.4 Å². The van der Waals surface area contributed by atoms with E-state index in [-0.39, 0.29) is 12.1 Å². The van der Waals surface area contributed by atoms with Crippen molar-refractivity contribution in [3.63, 3.8) is 0 Å². The predicted molar refractivity (Wildman–Crippen MR) is 82.7 cm³/mol. The fourth-order valence-electron chi connectivity index (χ4n) is 1.98. The normalized spacial score (nSPS) is 11.7. The molecule has 0 bridgehead atoms. The van der Waals surface area contributed by atoms with E-state index < -0.39 is 0 Å². The fourth-order valence-corrected chi connectivity index (χ4v) is 1.98. The van der Waals surface area contributed by atoms with Crippen LogP contribution in [-0.4, -0.2) is 24.2 Å². The van der Waals surface area contributed by atoms with Crippen LogP contribution in [0.15, 0.2) is 41.1 Å². The molecule has 0 spiro atoms. The number of aromatic nitrogens is 1. The number of nitrogens with zero attached hydrogens (tertiary/aromatic N) is 1. The lowest BCUT2D eigenvalue weighted by Crippen LogP contribution is -2.40. The smallest absolute Gasteiger partial charge is 0.315 e. The van der Waals surface area contributed by atoms with Crippen molar-refractivity contribution in [3.05, 3.63) is 48.0 Å². The summed E-state index contributed by atoms with van der Waals surface area (Å²) in [4.78, 5) is 15.9. The van der Waals surface area contributed by atoms with Crippen molar-refractivity contribution in [1.82, 2.24) is 15.6 Å². The number of hydrogen-bond donors (Lipinski definition) is 2. The van der Waals surface area contributed by atoms with E-state index in [1.54, 1.807) is 25.6 Å². The Kier molecular flexibility index (Phi) is 5.82. The molecule has 2 aromatic heterocycles. The number of aryl methyl sites for hydroxylation is 1. The number of ether oxygens (including phenoxy) is 1. The van der Waals surface area contributed by atoms with E-state index in [0.29, 0.717) is 12.4 Å². The highest BCUT2D eigenvalue weighted by molar-refractivity contribution is 5.74. The molecule has 2 N–H and O–H groups in total. The van der Waals surface area contributed by atoms with Crippen LogP contribution in [0.25, 0.3) is 0 Å². The van der Waals surface area contributed by atoms with E-state index in [1.165, 1.54) is 0 Å². The number of nitrogens with one attached hydrogen (secondary N) is 2. The quantitative estimate of drug-likeness (QED) is 0.824. The molecule has 0 aliphatic rings. The molecule has 0 aliphatic heterocycles. The van der Waals surface area contributed by atoms with Gasteiger partial charge in [0.1, 0.15) is 5.76 Å². The summed E-state index contributed by atoms with van der Waals surface area (Å²) in [7, 11) is 1.57. The zero-order valence-corrected chi connectivity index (χ0v) is 12.8. The molecule has 2 amide bonds. The molecular weight excluding hydrogens is 282 g/mol. The van der Waals surface area contributed by atoms with Gasteiger partial charge in [0.15, 0.2) is 0 Å². The zero-order valence-electron chi connectivity index (χ0n) is 12.8. The molecule has 0 saturated carbocycles. The molecule has 2 heterocycles. The molecule has 1 atom stereocenters. The van der Waals surface area contributed by atoms with Gasteiger partial charge < -0.3 is 19.8 Å². The summed E-state index contributed by atoms with van der Waals surface area (Å²) < 4.78 is 10.3. The van der Waals surface area contributed by atoms with E-state index in [0.717, 1.165) is 24.2 Å². The summed E-state index contributed by atoms with van der Waals surface area (Å²) in [6.07, 6.45) is 4.96. The maximum atomic E-state index is 11.8. The van der Waals surface area contributed by atoms with Crippen molar-refractivity contribution in [2.75, 3.05) is 7.11 Å². The SMILES string of the molecule is COc1ccc(CNC(=O)N[C@@H](C)CCc2ccco2)cn1. The fraction of sp³-hybridized carbons (Fsp3) is 0.375. The van der Waals surface area contributed by atoms with Crippen molar-refractivity contribution < 1.29 is 13.9 Å². The second kappa shape index (κ2) is 8.07. The van der Waals surface area contributed by atoms with Gasteiger partial charge in [0.2, 0.25) is 5.88 Å². The van der Waals surface area contributed by atoms with Gasteiger partial charge in [-0.25, -0.2) is 9.78 Å². The number of amides is 2. The molecule has 0 fully saturated rings. The Morgan fingerprint density at radius 3 is 2.91 bits per heavy atom. The number of methoxy groups -OCH3 is 1. The first-order chi connectivity index (χ1) is 10.7. The Labute approximate surface area is 129 Å². The third kappa shape index (κ3) is 5.12. The minimum atomic E-state index is -0.192. The van der Waals surface area contributed by atoms with Gasteiger partial charge in [0, 0.05) is 31.3 Å². The Bertz CT molecular complexity index is 567. The molecule has 2 aromatic rings. The highest BCUT2D eigenvalue weighted by atomic mass is 16.5. The Hall–Kier alpha value is -2.50. The number of urea groups is 1. The average Bonchev–Trinajstić information content (AvgIpc) is 3.05. The van der Waals surface area contributed by atoms with Gasteiger partial charge in [-0.2, -0.15) is 0 Å². The third-order valence-corrected chi connectivity index (χ3v) is 3.24. The summed E-state index contributed by atoms with van der Waals surface area (Å²) in [5, 5.41) is 5.70. The average molecular weight is 303 g/mol. The first-order valence-electron chi connectivity index (χ1n) is 7.23. The van der Waals surface area contributed by atoms with Crippen LogP contribution in [0.4, 0.5) is 4.79 Å². The summed E-state index contributed by atoms with van der Waals surface area (Å²) in [6, 6.07) is 7.31. The van der Waals surface area contributed by atoms with Crippen molar-refractivity contribution >= 4 is 6.03 Å². The van der Waals surface area contributed by atoms with Crippen LogP contribution in [0, 0.1) is 0 Å². The van der Waals surface area contributed by atoms with Gasteiger partial charge in [0.25, 0.3) is 0 Å². The van der Waals surface area contributed by atoms with Gasteiger partial charge in [-0.1, -0.05) is 6.07 Å². The van der Waals surface area contributed by atoms with Gasteiger partial charge >= 0.3 is 6.03 Å². The molecule has 0 aliphatic carbocycles. The number of rotatable bonds is 7. The topological polar surface area (TPSA) is 76.4 Å². The standard InChI is InChI=1S/C16H21N3O3/c1-12(5-7-14-4-3-9-22-14)19-16(20)18-11-13-6-8-15(21-2)17-10-13/h3-4,6,8-10,12H,5,7,11H2,1-2H3,(H2,18,19,20)/t12-/m0/s1. The first kappa shape index (κ1) is 15.9. The number of hydrogen-bond acceptors (Lipinski definition) is 4. The van der Waals surface area contributed by atoms with E-state index in [4.69, 9.17) is 9.15 Å². The van der Waals surface area contributed by atoms with Crippen molar-refractivity contribution in [3.8, 4) is 5.88 Å². The Morgan fingerprint density at radius 1 is 1.41 bits per heavy atom. The predicted octanol–water partition coefficient (Wildman–Crippen LogP) is 2.50. The molecule has 6 heteroatoms. The van der Waals surface area contributed by atoms with Crippen LogP contribution in [0.1, 0.15) is 24.7 Å². The molecule has 0 aromatic carbocycles. The Balaban J connectivity index is 1.68. The molecule has 118 valence electrons. The Morgan fingerprint density at radius 2 is 2.27 bits per heavy atom. The van der Waals surface area contributed by atoms with E-state index in [2.05, 4.69) is 15.6 Å². The van der Waals surface area contributed by atoms with Gasteiger partial charge in [-0.05, 0) is 31.0 Å². The van der Waals surface area contributed by atoms with E-state index in [9.17, 15) is 4.79 Å². The number of furan rings is 1. The van der Waals surface area contributed by atoms with Crippen molar-refractivity contribution in [2.45, 2.75) is 32.4 Å². The van der Waals surface area contributed by atoms with Gasteiger partial charge in [-0.15, -0.1) is 0 Å². The van der Waals surface area contributed by atoms with Crippen LogP contribution in [0.3, 0.4) is 0 Å². The summed E-state index contributed by atoms with van der Waals surface area (Å²) in [6.45, 7) is 2.39. The second-order valence-corrected chi connectivity index (χ2v) is 5.05. The highest BCUT2D eigenvalue weighted by Gasteiger charge is 2.08. The molecular formula is C16H21N3O3. The van der Waals surface area contributed by atoms with Crippen LogP contribution in [-0.2, 0) is 13.0 Å². The molecule has 0 unspecified atom stereocenters. The minimum Gasteiger partial charge on any atom is -0.481 e. The molecule has 22 heavy (non-hydrogen) atoms. The van der Waals surface area contributed by atoms with Crippen molar-refractivity contribution in [1.29, 1.82) is 0 Å². The number of pyridine rings is 1. The van der Waals surface area contributed by atoms with Crippen molar-refractivity contribution in [2.24, 2.45) is 0 Å². The van der Waals surface area contributed by atoms with E-state index >= 15 is 0 Å². The highest BCUT2D eigenvalue weighted by Crippen LogP contribution is 2.07. The summed E-state index contributed by atoms with van der Waals surface area (Å²) in [5.41, 5.74) is 0.916. The van der Waals surface area contributed by atoms with Gasteiger partial charge in [-0.3, -0.25) is 0 Å². The molecule has 2 rings (SSSR count). The van der Waals surface area contributed by atoms with Crippen LogP contribution in [0.5, 0.6) is 5.88 Å². The summed E-state index contributed by atoms with van der Waals surface area (Å²) in [5.74, 6) is 1.48. The zero-order chi connectivity index (χ0) is 15.8. The lowest BCUT2D eigenvalue weighted by Gasteiger charge is -2.14. The van der Waals surface area contributed by atoms with E-state index in [1.807, 2.05) is 25.1 Å². The second-order valence-electron chi connectivity index (χ2n) is 5.05. The lowest BCUT2D eigenvalue weighted by molar-refractivity contribution is 0.236. The number of carbonyl (C=O) groups is 1.